The van der Waals surface area contributed by atoms with Gasteiger partial charge >= 0.3 is 0 Å². The Balaban J connectivity index is 0.00000221. The lowest BCUT2D eigenvalue weighted by Crippen LogP contribution is -2.35. The van der Waals surface area contributed by atoms with Crippen molar-refractivity contribution < 1.29 is 28.5 Å². The normalized spacial score (nSPS) is 17.8. The van der Waals surface area contributed by atoms with Crippen molar-refractivity contribution in [2.24, 2.45) is 12.5 Å². The number of aromatic nitrogens is 4. The Labute approximate surface area is 283 Å². The van der Waals surface area contributed by atoms with Crippen molar-refractivity contribution in [3.05, 3.63) is 94.9 Å². The lowest BCUT2D eigenvalue weighted by molar-refractivity contribution is -0.107. The Hall–Kier alpha value is -4.06. The minimum absolute atomic E-state index is 0.126. The molecule has 0 saturated heterocycles. The first kappa shape index (κ1) is 35.3. The summed E-state index contributed by atoms with van der Waals surface area (Å²) in [7, 11) is 2.69. The number of hydrogen-bond donors (Lipinski definition) is 3. The highest BCUT2D eigenvalue weighted by Gasteiger charge is 2.40. The van der Waals surface area contributed by atoms with E-state index in [0.29, 0.717) is 37.0 Å². The molecular formula is C37H42F2N4O4S. The van der Waals surface area contributed by atoms with Crippen molar-refractivity contribution in [2.75, 3.05) is 25.2 Å². The summed E-state index contributed by atoms with van der Waals surface area (Å²) in [5.74, 6) is 1.58. The van der Waals surface area contributed by atoms with Crippen LogP contribution in [0.1, 0.15) is 55.6 Å². The summed E-state index contributed by atoms with van der Waals surface area (Å²) in [6.07, 6.45) is 5.53. The topological polar surface area (TPSA) is 113 Å². The predicted octanol–water partition coefficient (Wildman–Crippen LogP) is 7.15. The first-order valence-electron chi connectivity index (χ1n) is 16.0. The van der Waals surface area contributed by atoms with Crippen LogP contribution in [0.4, 0.5) is 8.78 Å². The Morgan fingerprint density at radius 2 is 1.90 bits per heavy atom. The van der Waals surface area contributed by atoms with E-state index in [-0.39, 0.29) is 34.9 Å². The van der Waals surface area contributed by atoms with E-state index in [1.165, 1.54) is 28.9 Å². The number of benzene rings is 3. The average Bonchev–Trinajstić information content (AvgIpc) is 3.71. The quantitative estimate of drug-likeness (QED) is 0.170. The van der Waals surface area contributed by atoms with Crippen LogP contribution in [0.2, 0.25) is 0 Å². The fourth-order valence-corrected chi connectivity index (χ4v) is 7.47. The molecule has 0 aliphatic carbocycles. The number of rotatable bonds is 5. The number of aromatic amines is 1. The van der Waals surface area contributed by atoms with E-state index in [0.717, 1.165) is 53.4 Å². The number of carbonyl (C=O) groups is 1. The van der Waals surface area contributed by atoms with Crippen molar-refractivity contribution >= 4 is 29.0 Å². The van der Waals surface area contributed by atoms with Crippen LogP contribution < -0.4 is 4.74 Å². The number of aliphatic hydroxyl groups excluding tert-OH is 2. The number of aldehydes is 1. The number of nitrogens with one attached hydrogen (secondary N) is 1. The minimum Gasteiger partial charge on any atom is -0.454 e. The fraction of sp³-hybridized carbons (Fsp3) is 0.378. The summed E-state index contributed by atoms with van der Waals surface area (Å²) in [6.45, 7) is 4.15. The minimum atomic E-state index is -0.979. The maximum atomic E-state index is 15.6. The summed E-state index contributed by atoms with van der Waals surface area (Å²) >= 11 is 1.79. The highest BCUT2D eigenvalue weighted by Crippen LogP contribution is 2.42. The molecule has 0 saturated carbocycles. The van der Waals surface area contributed by atoms with Gasteiger partial charge in [-0.2, -0.15) is 16.9 Å². The molecule has 48 heavy (non-hydrogen) atoms. The maximum absolute atomic E-state index is 15.6. The Kier molecular flexibility index (Phi) is 11.0. The molecule has 254 valence electrons. The van der Waals surface area contributed by atoms with Crippen molar-refractivity contribution in [2.45, 2.75) is 51.4 Å². The lowest BCUT2D eigenvalue weighted by Gasteiger charge is -2.34. The van der Waals surface area contributed by atoms with E-state index < -0.39 is 17.0 Å². The van der Waals surface area contributed by atoms with Gasteiger partial charge in [0, 0.05) is 49.3 Å². The van der Waals surface area contributed by atoms with Crippen molar-refractivity contribution in [1.82, 2.24) is 19.7 Å². The van der Waals surface area contributed by atoms with Crippen molar-refractivity contribution in [3.8, 4) is 22.9 Å². The zero-order valence-corrected chi connectivity index (χ0v) is 28.5. The van der Waals surface area contributed by atoms with Gasteiger partial charge in [-0.1, -0.05) is 38.1 Å². The number of aliphatic hydroxyl groups is 2. The van der Waals surface area contributed by atoms with Crippen LogP contribution >= 0.6 is 11.8 Å². The molecule has 5 aromatic rings. The van der Waals surface area contributed by atoms with E-state index in [9.17, 15) is 9.90 Å². The number of halogens is 2. The molecule has 3 heterocycles. The third kappa shape index (κ3) is 7.18. The summed E-state index contributed by atoms with van der Waals surface area (Å²) in [5, 5.41) is 23.9. The van der Waals surface area contributed by atoms with Crippen LogP contribution in [0.3, 0.4) is 0 Å². The number of ether oxygens (including phenoxy) is 1. The SMILES string of the molecule is CO.Cn1nc2nc1-c1cc(ccc1F)Oc1c(F)cc3[nH]ccc3c1CCSCC(C)(C)CCC2(CO)c1cccc(CCC=O)c1. The first-order valence-corrected chi connectivity index (χ1v) is 17.1. The largest absolute Gasteiger partial charge is 0.454 e. The van der Waals surface area contributed by atoms with E-state index in [1.807, 2.05) is 30.3 Å². The van der Waals surface area contributed by atoms with Gasteiger partial charge in [0.25, 0.3) is 0 Å². The highest BCUT2D eigenvalue weighted by molar-refractivity contribution is 7.99. The van der Waals surface area contributed by atoms with Crippen molar-refractivity contribution in [1.29, 1.82) is 0 Å². The smallest absolute Gasteiger partial charge is 0.168 e. The zero-order valence-electron chi connectivity index (χ0n) is 27.7. The number of aryl methyl sites for hydroxylation is 3. The second-order valence-electron chi connectivity index (χ2n) is 12.8. The second-order valence-corrected chi connectivity index (χ2v) is 13.9. The Morgan fingerprint density at radius 1 is 1.08 bits per heavy atom. The summed E-state index contributed by atoms with van der Waals surface area (Å²) < 4.78 is 38.8. The molecule has 3 aromatic carbocycles. The molecule has 0 amide bonds. The average molecular weight is 677 g/mol. The molecular weight excluding hydrogens is 634 g/mol. The van der Waals surface area contributed by atoms with E-state index in [4.69, 9.17) is 19.9 Å². The molecule has 1 unspecified atom stereocenters. The van der Waals surface area contributed by atoms with Crippen LogP contribution in [-0.2, 0) is 30.1 Å². The van der Waals surface area contributed by atoms with Crippen LogP contribution in [-0.4, -0.2) is 61.5 Å². The number of carbonyl (C=O) groups excluding carboxylic acids is 1. The lowest BCUT2D eigenvalue weighted by atomic mass is 9.72. The Morgan fingerprint density at radius 3 is 2.67 bits per heavy atom. The molecule has 8 nitrogen and oxygen atoms in total. The number of nitrogens with zero attached hydrogens (tertiary/aromatic N) is 3. The second kappa shape index (κ2) is 15.0. The standard InChI is InChI=1S/C36H38F2N4O3S.CH4O/c1-35(2)13-14-36(21-44,24-8-4-6-23(18-24)7-5-16-43)34-40-33(42(3)41-34)28-19-25(9-10-29(28)37)45-32-27(12-17-46-22-35)26-11-15-39-31(26)20-30(32)38;1-2/h4,6,8-11,15-16,18-20,39,44H,5,7,12-14,17,21-22H2,1-3H3;2H,1H3. The summed E-state index contributed by atoms with van der Waals surface area (Å²) in [5.41, 5.74) is 2.31. The molecule has 1 aliphatic rings. The zero-order chi connectivity index (χ0) is 34.5. The van der Waals surface area contributed by atoms with Gasteiger partial charge in [-0.15, -0.1) is 0 Å². The van der Waals surface area contributed by atoms with Gasteiger partial charge in [0.15, 0.2) is 23.2 Å². The molecule has 6 rings (SSSR count). The van der Waals surface area contributed by atoms with Gasteiger partial charge in [-0.3, -0.25) is 0 Å². The molecule has 11 heteroatoms. The fourth-order valence-electron chi connectivity index (χ4n) is 6.28. The molecule has 1 atom stereocenters. The van der Waals surface area contributed by atoms with E-state index >= 15 is 8.78 Å². The number of fused-ring (bicyclic) bond motifs is 8. The van der Waals surface area contributed by atoms with Gasteiger partial charge in [-0.25, -0.2) is 18.4 Å². The number of thioether (sulfide) groups is 1. The number of H-pyrrole nitrogens is 1. The first-order chi connectivity index (χ1) is 23.1. The molecule has 0 radical (unpaired) electrons. The molecule has 1 aliphatic heterocycles. The Bertz CT molecular complexity index is 1890. The monoisotopic (exact) mass is 676 g/mol. The predicted molar refractivity (Wildman–Crippen MR) is 186 cm³/mol. The molecule has 4 bridgehead atoms. The van der Waals surface area contributed by atoms with Crippen LogP contribution in [0, 0.1) is 17.0 Å². The highest BCUT2D eigenvalue weighted by atomic mass is 32.2. The van der Waals surface area contributed by atoms with Crippen LogP contribution in [0.25, 0.3) is 22.3 Å². The molecule has 3 N–H and O–H groups in total. The van der Waals surface area contributed by atoms with Gasteiger partial charge < -0.3 is 24.7 Å². The van der Waals surface area contributed by atoms with Crippen molar-refractivity contribution in [3.63, 3.8) is 0 Å². The van der Waals surface area contributed by atoms with Gasteiger partial charge in [0.1, 0.15) is 17.9 Å². The van der Waals surface area contributed by atoms with Crippen LogP contribution in [0.5, 0.6) is 11.5 Å². The van der Waals surface area contributed by atoms with Gasteiger partial charge in [-0.05, 0) is 78.0 Å². The van der Waals surface area contributed by atoms with Crippen LogP contribution in [0.15, 0.2) is 60.8 Å². The number of hydrogen-bond acceptors (Lipinski definition) is 7. The molecule has 2 aromatic heterocycles. The third-order valence-electron chi connectivity index (χ3n) is 8.97. The van der Waals surface area contributed by atoms with E-state index in [1.54, 1.807) is 25.0 Å². The van der Waals surface area contributed by atoms with Gasteiger partial charge in [0.2, 0.25) is 0 Å². The summed E-state index contributed by atoms with van der Waals surface area (Å²) in [4.78, 5) is 19.1. The van der Waals surface area contributed by atoms with E-state index in [2.05, 4.69) is 18.8 Å². The van der Waals surface area contributed by atoms with Gasteiger partial charge in [0.05, 0.1) is 17.6 Å². The molecule has 0 fully saturated rings. The third-order valence-corrected chi connectivity index (χ3v) is 10.5. The summed E-state index contributed by atoms with van der Waals surface area (Å²) in [6, 6.07) is 15.5. The molecule has 0 spiro atoms. The maximum Gasteiger partial charge on any atom is 0.168 e.